The number of rotatable bonds is 5. The molecule has 2 heterocycles. The Labute approximate surface area is 130 Å². The molecule has 2 rings (SSSR count). The van der Waals surface area contributed by atoms with Crippen LogP contribution in [0.2, 0.25) is 0 Å². The van der Waals surface area contributed by atoms with E-state index in [2.05, 4.69) is 0 Å². The van der Waals surface area contributed by atoms with Crippen LogP contribution in [0.1, 0.15) is 0 Å². The Kier molecular flexibility index (Phi) is 5.92. The minimum absolute atomic E-state index is 0.669. The third kappa shape index (κ3) is 3.23. The first-order chi connectivity index (χ1) is 10.8. The molecule has 136 valence electrons. The van der Waals surface area contributed by atoms with Gasteiger partial charge in [-0.1, -0.05) is 0 Å². The third-order valence-electron chi connectivity index (χ3n) is 4.07. The molecule has 0 spiro atoms. The first-order valence-electron chi connectivity index (χ1n) is 7.05. The predicted octanol–water partition coefficient (Wildman–Crippen LogP) is -5.40. The third-order valence-corrected chi connectivity index (χ3v) is 4.07. The van der Waals surface area contributed by atoms with Crippen molar-refractivity contribution in [1.29, 1.82) is 0 Å². The maximum atomic E-state index is 10.00. The molecule has 2 aliphatic rings. The predicted molar refractivity (Wildman–Crippen MR) is 68.6 cm³/mol. The van der Waals surface area contributed by atoms with Crippen molar-refractivity contribution < 1.29 is 55.1 Å². The van der Waals surface area contributed by atoms with Crippen molar-refractivity contribution >= 4 is 0 Å². The van der Waals surface area contributed by atoms with Crippen molar-refractivity contribution in [1.82, 2.24) is 0 Å². The summed E-state index contributed by atoms with van der Waals surface area (Å²) in [5.41, 5.74) is 0. The van der Waals surface area contributed by atoms with Crippen LogP contribution >= 0.6 is 0 Å². The summed E-state index contributed by atoms with van der Waals surface area (Å²) in [6.45, 7) is -2.32. The maximum absolute atomic E-state index is 10.00. The zero-order chi connectivity index (χ0) is 17.4. The smallest absolute Gasteiger partial charge is 0.224 e. The Morgan fingerprint density at radius 1 is 0.783 bits per heavy atom. The minimum Gasteiger partial charge on any atom is -0.394 e. The van der Waals surface area contributed by atoms with E-state index in [1.54, 1.807) is 0 Å². The average Bonchev–Trinajstić information content (AvgIpc) is 2.80. The van der Waals surface area contributed by atoms with Gasteiger partial charge in [-0.2, -0.15) is 0 Å². The molecule has 0 aliphatic carbocycles. The molecule has 0 radical (unpaired) electrons. The van der Waals surface area contributed by atoms with Crippen molar-refractivity contribution in [2.45, 2.75) is 54.8 Å². The SMILES string of the molecule is OC[C@@H]1O[C@](CO)(O[C@@H]2O[C@H](CO)[C@H](O)[C@@H](O)[C@H]2O)[C@H](O)[C@H]1O. The normalized spacial score (nSPS) is 51.1. The molecule has 0 unspecified atom stereocenters. The molecule has 23 heavy (non-hydrogen) atoms. The van der Waals surface area contributed by atoms with Crippen LogP contribution < -0.4 is 0 Å². The van der Waals surface area contributed by atoms with Crippen molar-refractivity contribution in [3.8, 4) is 0 Å². The molecule has 0 bridgehead atoms. The number of hydrogen-bond acceptors (Lipinski definition) is 11. The van der Waals surface area contributed by atoms with Gasteiger partial charge < -0.3 is 55.1 Å². The van der Waals surface area contributed by atoms with Crippen molar-refractivity contribution in [2.75, 3.05) is 19.8 Å². The second-order valence-electron chi connectivity index (χ2n) is 5.56. The first-order valence-corrected chi connectivity index (χ1v) is 7.05. The molecular formula is C12H22O11. The molecule has 2 fully saturated rings. The van der Waals surface area contributed by atoms with Gasteiger partial charge in [0.2, 0.25) is 5.79 Å². The van der Waals surface area contributed by atoms with Crippen LogP contribution in [0.3, 0.4) is 0 Å². The summed E-state index contributed by atoms with van der Waals surface area (Å²) in [5.74, 6) is -2.22. The van der Waals surface area contributed by atoms with Crippen LogP contribution in [0.5, 0.6) is 0 Å². The van der Waals surface area contributed by atoms with Crippen molar-refractivity contribution in [3.05, 3.63) is 0 Å². The summed E-state index contributed by atoms with van der Waals surface area (Å²) in [4.78, 5) is 0. The molecule has 11 nitrogen and oxygen atoms in total. The van der Waals surface area contributed by atoms with Crippen LogP contribution in [-0.2, 0) is 14.2 Å². The second-order valence-corrected chi connectivity index (χ2v) is 5.56. The Bertz CT molecular complexity index is 393. The fourth-order valence-corrected chi connectivity index (χ4v) is 2.63. The molecule has 9 atom stereocenters. The molecule has 8 N–H and O–H groups in total. The van der Waals surface area contributed by atoms with Gasteiger partial charge in [-0.3, -0.25) is 0 Å². The first kappa shape index (κ1) is 18.9. The summed E-state index contributed by atoms with van der Waals surface area (Å²) in [7, 11) is 0. The lowest BCUT2D eigenvalue weighted by Crippen LogP contribution is -2.62. The standard InChI is InChI=1S/C12H22O11/c13-1-4-6(16)8(18)9(19)11(21-4)23-12(3-15)10(20)7(17)5(2-14)22-12/h4-11,13-20H,1-3H2/t4-,5+,6+,7+,8-,9-,10-,11+,12-/m1/s1. The van der Waals surface area contributed by atoms with E-state index in [1.165, 1.54) is 0 Å². The topological polar surface area (TPSA) is 190 Å². The number of ether oxygens (including phenoxy) is 3. The van der Waals surface area contributed by atoms with E-state index in [0.717, 1.165) is 0 Å². The number of aliphatic hydroxyl groups excluding tert-OH is 8. The average molecular weight is 342 g/mol. The van der Waals surface area contributed by atoms with Gasteiger partial charge in [0.15, 0.2) is 6.29 Å². The van der Waals surface area contributed by atoms with Crippen LogP contribution in [0.25, 0.3) is 0 Å². The lowest BCUT2D eigenvalue weighted by atomic mass is 9.99. The fraction of sp³-hybridized carbons (Fsp3) is 1.00. The molecule has 0 aromatic rings. The second kappa shape index (κ2) is 7.21. The fourth-order valence-electron chi connectivity index (χ4n) is 2.63. The Hall–Kier alpha value is -0.440. The summed E-state index contributed by atoms with van der Waals surface area (Å²) >= 11 is 0. The number of hydrogen-bond donors (Lipinski definition) is 8. The lowest BCUT2D eigenvalue weighted by molar-refractivity contribution is -0.383. The van der Waals surface area contributed by atoms with Gasteiger partial charge >= 0.3 is 0 Å². The Morgan fingerprint density at radius 3 is 1.87 bits per heavy atom. The molecular weight excluding hydrogens is 320 g/mol. The maximum Gasteiger partial charge on any atom is 0.224 e. The molecule has 0 aromatic heterocycles. The largest absolute Gasteiger partial charge is 0.394 e. The van der Waals surface area contributed by atoms with Crippen molar-refractivity contribution in [2.24, 2.45) is 0 Å². The number of aliphatic hydroxyl groups is 8. The highest BCUT2D eigenvalue weighted by Gasteiger charge is 2.58. The molecule has 2 saturated heterocycles. The quantitative estimate of drug-likeness (QED) is 0.238. The highest BCUT2D eigenvalue weighted by atomic mass is 16.8. The van der Waals surface area contributed by atoms with Gasteiger partial charge in [0, 0.05) is 0 Å². The highest BCUT2D eigenvalue weighted by Crippen LogP contribution is 2.35. The van der Waals surface area contributed by atoms with Crippen LogP contribution in [-0.4, -0.2) is 115 Å². The van der Waals surface area contributed by atoms with Crippen LogP contribution in [0.4, 0.5) is 0 Å². The molecule has 0 saturated carbocycles. The van der Waals surface area contributed by atoms with E-state index < -0.39 is 74.6 Å². The van der Waals surface area contributed by atoms with E-state index in [1.807, 2.05) is 0 Å². The van der Waals surface area contributed by atoms with E-state index in [4.69, 9.17) is 24.4 Å². The summed E-state index contributed by atoms with van der Waals surface area (Å²) in [5, 5.41) is 76.7. The molecule has 11 heteroatoms. The summed E-state index contributed by atoms with van der Waals surface area (Å²) < 4.78 is 15.4. The van der Waals surface area contributed by atoms with Gasteiger partial charge in [0.1, 0.15) is 49.3 Å². The van der Waals surface area contributed by atoms with Gasteiger partial charge in [-0.25, -0.2) is 0 Å². The Balaban J connectivity index is 2.18. The van der Waals surface area contributed by atoms with Gasteiger partial charge in [0.25, 0.3) is 0 Å². The molecule has 0 aromatic carbocycles. The van der Waals surface area contributed by atoms with E-state index in [9.17, 15) is 30.6 Å². The zero-order valence-corrected chi connectivity index (χ0v) is 12.0. The summed E-state index contributed by atoms with van der Waals surface area (Å²) in [6.07, 6.45) is -12.7. The van der Waals surface area contributed by atoms with E-state index >= 15 is 0 Å². The van der Waals surface area contributed by atoms with E-state index in [-0.39, 0.29) is 0 Å². The zero-order valence-electron chi connectivity index (χ0n) is 12.0. The van der Waals surface area contributed by atoms with E-state index in [0.29, 0.717) is 0 Å². The lowest BCUT2D eigenvalue weighted by Gasteiger charge is -2.43. The van der Waals surface area contributed by atoms with Gasteiger partial charge in [-0.05, 0) is 0 Å². The highest BCUT2D eigenvalue weighted by molar-refractivity contribution is 4.98. The van der Waals surface area contributed by atoms with Gasteiger partial charge in [0.05, 0.1) is 13.2 Å². The van der Waals surface area contributed by atoms with Gasteiger partial charge in [-0.15, -0.1) is 0 Å². The molecule has 2 aliphatic heterocycles. The monoisotopic (exact) mass is 342 g/mol. The Morgan fingerprint density at radius 2 is 1.39 bits per heavy atom. The molecule has 0 amide bonds. The van der Waals surface area contributed by atoms with Crippen LogP contribution in [0, 0.1) is 0 Å². The van der Waals surface area contributed by atoms with Crippen molar-refractivity contribution in [3.63, 3.8) is 0 Å². The van der Waals surface area contributed by atoms with Crippen LogP contribution in [0.15, 0.2) is 0 Å². The minimum atomic E-state index is -2.22. The summed E-state index contributed by atoms with van der Waals surface area (Å²) in [6, 6.07) is 0.